The third kappa shape index (κ3) is 6.77. The number of aliphatic hydroxyl groups is 1. The molecule has 24 heavy (non-hydrogen) atoms. The fourth-order valence-electron chi connectivity index (χ4n) is 2.00. The zero-order valence-corrected chi connectivity index (χ0v) is 14.7. The molecular formula is C18H23O5P. The van der Waals surface area contributed by atoms with Crippen LogP contribution >= 0.6 is 9.24 Å². The van der Waals surface area contributed by atoms with E-state index in [0.717, 1.165) is 0 Å². The summed E-state index contributed by atoms with van der Waals surface area (Å²) < 4.78 is 0. The number of carboxylic acids is 1. The standard InChI is InChI=1S/C14H14O2.C4H9O3P/c15-16-11-10-13-8-4-5-9-14(13)12-6-2-1-3-7-12;1-2(5)3(8)4(6)7/h1-9,15H,10-11H2;2-3,5H,8H2,1H3,(H,6,7). The molecule has 0 heterocycles. The van der Waals surface area contributed by atoms with Crippen LogP contribution in [0.15, 0.2) is 54.6 Å². The Morgan fingerprint density at radius 3 is 2.21 bits per heavy atom. The number of hydrogen-bond acceptors (Lipinski definition) is 4. The van der Waals surface area contributed by atoms with Crippen molar-refractivity contribution in [1.29, 1.82) is 0 Å². The van der Waals surface area contributed by atoms with Crippen LogP contribution in [-0.4, -0.2) is 39.8 Å². The second kappa shape index (κ2) is 10.9. The van der Waals surface area contributed by atoms with E-state index in [1.165, 1.54) is 23.6 Å². The molecule has 2 aromatic rings. The molecule has 2 rings (SSSR count). The highest BCUT2D eigenvalue weighted by molar-refractivity contribution is 7.19. The van der Waals surface area contributed by atoms with Crippen LogP contribution in [0.3, 0.4) is 0 Å². The van der Waals surface area contributed by atoms with E-state index >= 15 is 0 Å². The third-order valence-electron chi connectivity index (χ3n) is 3.37. The molecule has 0 fully saturated rings. The molecule has 130 valence electrons. The molecule has 0 aromatic heterocycles. The second-order valence-corrected chi connectivity index (χ2v) is 5.93. The summed E-state index contributed by atoms with van der Waals surface area (Å²) in [5.74, 6) is -0.995. The van der Waals surface area contributed by atoms with Crippen LogP contribution in [0.2, 0.25) is 0 Å². The summed E-state index contributed by atoms with van der Waals surface area (Å²) in [6.45, 7) is 1.76. The summed E-state index contributed by atoms with van der Waals surface area (Å²) in [5.41, 5.74) is 2.83. The Morgan fingerprint density at radius 2 is 1.71 bits per heavy atom. The van der Waals surface area contributed by atoms with Crippen molar-refractivity contribution in [1.82, 2.24) is 0 Å². The number of carboxylic acid groups (broad SMARTS) is 1. The summed E-state index contributed by atoms with van der Waals surface area (Å²) in [7, 11) is 2.04. The Bertz CT molecular complexity index is 616. The Labute approximate surface area is 144 Å². The van der Waals surface area contributed by atoms with Crippen LogP contribution in [0.5, 0.6) is 0 Å². The quantitative estimate of drug-likeness (QED) is 0.423. The lowest BCUT2D eigenvalue weighted by molar-refractivity contribution is -0.241. The maximum absolute atomic E-state index is 9.96. The van der Waals surface area contributed by atoms with Crippen molar-refractivity contribution in [2.45, 2.75) is 25.1 Å². The van der Waals surface area contributed by atoms with Crippen molar-refractivity contribution in [3.8, 4) is 11.1 Å². The molecule has 5 nitrogen and oxygen atoms in total. The van der Waals surface area contributed by atoms with Gasteiger partial charge in [-0.05, 0) is 30.0 Å². The fraction of sp³-hybridized carbons (Fsp3) is 0.278. The van der Waals surface area contributed by atoms with Crippen LogP contribution in [-0.2, 0) is 16.1 Å². The fourth-order valence-corrected chi connectivity index (χ4v) is 2.00. The number of carbonyl (C=O) groups is 1. The zero-order valence-electron chi connectivity index (χ0n) is 13.5. The highest BCUT2D eigenvalue weighted by Crippen LogP contribution is 2.23. The van der Waals surface area contributed by atoms with Gasteiger partial charge < -0.3 is 10.2 Å². The Morgan fingerprint density at radius 1 is 1.12 bits per heavy atom. The lowest BCUT2D eigenvalue weighted by Gasteiger charge is -2.08. The van der Waals surface area contributed by atoms with Crippen LogP contribution < -0.4 is 0 Å². The lowest BCUT2D eigenvalue weighted by atomic mass is 9.98. The van der Waals surface area contributed by atoms with Gasteiger partial charge in [-0.15, -0.1) is 9.24 Å². The largest absolute Gasteiger partial charge is 0.481 e. The molecule has 0 aliphatic carbocycles. The minimum absolute atomic E-state index is 0.323. The highest BCUT2D eigenvalue weighted by atomic mass is 31.0. The van der Waals surface area contributed by atoms with Crippen LogP contribution in [0.1, 0.15) is 12.5 Å². The van der Waals surface area contributed by atoms with Crippen LogP contribution in [0, 0.1) is 0 Å². The minimum atomic E-state index is -0.995. The second-order valence-electron chi connectivity index (χ2n) is 5.21. The maximum Gasteiger partial charge on any atom is 0.312 e. The van der Waals surface area contributed by atoms with E-state index in [9.17, 15) is 4.79 Å². The van der Waals surface area contributed by atoms with E-state index in [1.807, 2.05) is 39.6 Å². The molecule has 0 aliphatic heterocycles. The first-order chi connectivity index (χ1) is 11.5. The van der Waals surface area contributed by atoms with Crippen molar-refractivity contribution in [2.24, 2.45) is 0 Å². The summed E-state index contributed by atoms with van der Waals surface area (Å²) in [6, 6.07) is 18.4. The molecular weight excluding hydrogens is 327 g/mol. The SMILES string of the molecule is CC(O)C(P)C(=O)O.OOCCc1ccccc1-c1ccccc1. The van der Waals surface area contributed by atoms with Gasteiger partial charge in [-0.3, -0.25) is 10.1 Å². The molecule has 3 atom stereocenters. The summed E-state index contributed by atoms with van der Waals surface area (Å²) in [4.78, 5) is 14.1. The maximum atomic E-state index is 9.96. The van der Waals surface area contributed by atoms with E-state index in [-0.39, 0.29) is 0 Å². The Kier molecular flexibility index (Phi) is 9.20. The monoisotopic (exact) mass is 350 g/mol. The van der Waals surface area contributed by atoms with Gasteiger partial charge in [-0.2, -0.15) is 0 Å². The molecule has 0 amide bonds. The molecule has 0 bridgehead atoms. The van der Waals surface area contributed by atoms with Crippen molar-refractivity contribution < 1.29 is 25.2 Å². The first-order valence-corrected chi connectivity index (χ1v) is 8.20. The van der Waals surface area contributed by atoms with Gasteiger partial charge in [0.2, 0.25) is 0 Å². The van der Waals surface area contributed by atoms with Gasteiger partial charge in [0.1, 0.15) is 0 Å². The number of rotatable bonds is 6. The average Bonchev–Trinajstić information content (AvgIpc) is 2.60. The number of hydrogen-bond donors (Lipinski definition) is 3. The summed E-state index contributed by atoms with van der Waals surface area (Å²) in [6.07, 6.45) is -0.0841. The van der Waals surface area contributed by atoms with Gasteiger partial charge in [0, 0.05) is 0 Å². The predicted molar refractivity (Wildman–Crippen MR) is 97.0 cm³/mol. The number of aliphatic carboxylic acids is 1. The van der Waals surface area contributed by atoms with E-state index in [1.54, 1.807) is 0 Å². The molecule has 0 aliphatic rings. The van der Waals surface area contributed by atoms with Gasteiger partial charge in [-0.25, -0.2) is 4.89 Å². The van der Waals surface area contributed by atoms with Crippen LogP contribution in [0.25, 0.3) is 11.1 Å². The first-order valence-electron chi connectivity index (χ1n) is 7.53. The van der Waals surface area contributed by atoms with Crippen molar-refractivity contribution in [3.05, 3.63) is 60.2 Å². The molecule has 0 saturated carbocycles. The van der Waals surface area contributed by atoms with Gasteiger partial charge in [0.15, 0.2) is 0 Å². The summed E-state index contributed by atoms with van der Waals surface area (Å²) >= 11 is 0. The molecule has 3 N–H and O–H groups in total. The van der Waals surface area contributed by atoms with Crippen molar-refractivity contribution >= 4 is 15.2 Å². The molecule has 0 saturated heterocycles. The topological polar surface area (TPSA) is 87.0 Å². The highest BCUT2D eigenvalue weighted by Gasteiger charge is 2.15. The molecule has 3 unspecified atom stereocenters. The van der Waals surface area contributed by atoms with E-state index in [0.29, 0.717) is 13.0 Å². The molecule has 0 spiro atoms. The summed E-state index contributed by atoms with van der Waals surface area (Å²) in [5, 5.41) is 25.2. The predicted octanol–water partition coefficient (Wildman–Crippen LogP) is 3.08. The molecule has 0 radical (unpaired) electrons. The number of aliphatic hydroxyl groups excluding tert-OH is 1. The Hall–Kier alpha value is -1.78. The van der Waals surface area contributed by atoms with Gasteiger partial charge >= 0.3 is 5.97 Å². The third-order valence-corrected chi connectivity index (χ3v) is 4.21. The molecule has 6 heteroatoms. The van der Waals surface area contributed by atoms with E-state index in [2.05, 4.69) is 29.2 Å². The van der Waals surface area contributed by atoms with Crippen molar-refractivity contribution in [3.63, 3.8) is 0 Å². The number of benzene rings is 2. The van der Waals surface area contributed by atoms with E-state index < -0.39 is 17.7 Å². The Balaban J connectivity index is 0.000000307. The van der Waals surface area contributed by atoms with E-state index in [4.69, 9.17) is 15.5 Å². The lowest BCUT2D eigenvalue weighted by Crippen LogP contribution is -2.25. The first kappa shape index (κ1) is 20.3. The molecule has 2 aromatic carbocycles. The zero-order chi connectivity index (χ0) is 17.9. The smallest absolute Gasteiger partial charge is 0.312 e. The normalized spacial score (nSPS) is 12.7. The minimum Gasteiger partial charge on any atom is -0.481 e. The average molecular weight is 350 g/mol. The van der Waals surface area contributed by atoms with Gasteiger partial charge in [0.05, 0.1) is 18.4 Å². The van der Waals surface area contributed by atoms with Crippen LogP contribution in [0.4, 0.5) is 0 Å². The van der Waals surface area contributed by atoms with Gasteiger partial charge in [0.25, 0.3) is 0 Å². The van der Waals surface area contributed by atoms with Gasteiger partial charge in [-0.1, -0.05) is 54.6 Å². The van der Waals surface area contributed by atoms with Crippen molar-refractivity contribution in [2.75, 3.05) is 6.61 Å².